The van der Waals surface area contributed by atoms with Crippen molar-refractivity contribution < 1.29 is 80.2 Å². The van der Waals surface area contributed by atoms with Gasteiger partial charge >= 0.3 is 39.5 Å². The second-order valence-corrected chi connectivity index (χ2v) is 30.2. The van der Waals surface area contributed by atoms with E-state index in [0.717, 1.165) is 167 Å². The summed E-state index contributed by atoms with van der Waals surface area (Å²) in [6.45, 7) is 4.52. The molecule has 0 fully saturated rings. The van der Waals surface area contributed by atoms with Crippen LogP contribution in [0.15, 0.2) is 158 Å². The molecular weight excluding hydrogens is 1400 g/mol. The van der Waals surface area contributed by atoms with Crippen LogP contribution in [0.1, 0.15) is 323 Å². The molecule has 0 spiro atoms. The lowest BCUT2D eigenvalue weighted by Gasteiger charge is -2.21. The molecule has 0 radical (unpaired) electrons. The van der Waals surface area contributed by atoms with Gasteiger partial charge in [-0.15, -0.1) is 0 Å². The summed E-state index contributed by atoms with van der Waals surface area (Å²) >= 11 is 0. The van der Waals surface area contributed by atoms with Crippen LogP contribution in [0.3, 0.4) is 0 Å². The van der Waals surface area contributed by atoms with E-state index in [9.17, 15) is 43.2 Å². The van der Waals surface area contributed by atoms with Gasteiger partial charge in [-0.1, -0.05) is 308 Å². The number of phosphoric ester groups is 2. The zero-order chi connectivity index (χ0) is 78.9. The molecule has 0 aliphatic heterocycles. The Bertz CT molecular complexity index is 2660. The van der Waals surface area contributed by atoms with Gasteiger partial charge in [-0.25, -0.2) is 9.13 Å². The molecule has 0 amide bonds. The molecule has 0 aromatic rings. The first-order chi connectivity index (χ1) is 52.7. The molecule has 0 saturated heterocycles. The summed E-state index contributed by atoms with van der Waals surface area (Å²) in [6, 6.07) is 0. The third-order valence-electron chi connectivity index (χ3n) is 17.0. The van der Waals surface area contributed by atoms with Crippen LogP contribution in [0.5, 0.6) is 0 Å². The molecule has 0 saturated carbocycles. The molecule has 3 N–H and O–H groups in total. The van der Waals surface area contributed by atoms with Crippen LogP contribution in [-0.2, 0) is 65.4 Å². The van der Waals surface area contributed by atoms with Crippen LogP contribution in [0, 0.1) is 0 Å². The topological polar surface area (TPSA) is 237 Å². The molecule has 17 nitrogen and oxygen atoms in total. The highest BCUT2D eigenvalue weighted by Gasteiger charge is 2.30. The van der Waals surface area contributed by atoms with Crippen molar-refractivity contribution in [1.82, 2.24) is 0 Å². The molecule has 0 rings (SSSR count). The lowest BCUT2D eigenvalue weighted by atomic mass is 10.0. The van der Waals surface area contributed by atoms with Crippen molar-refractivity contribution in [2.24, 2.45) is 0 Å². The molecule has 108 heavy (non-hydrogen) atoms. The first-order valence-corrected chi connectivity index (χ1v) is 44.7. The largest absolute Gasteiger partial charge is 0.472 e. The van der Waals surface area contributed by atoms with E-state index in [1.165, 1.54) is 70.6 Å². The minimum absolute atomic E-state index is 0.00389. The van der Waals surface area contributed by atoms with E-state index in [4.69, 9.17) is 37.0 Å². The minimum atomic E-state index is -5.01. The highest BCUT2D eigenvalue weighted by atomic mass is 31.2. The zero-order valence-electron chi connectivity index (χ0n) is 67.5. The van der Waals surface area contributed by atoms with Gasteiger partial charge < -0.3 is 33.8 Å². The summed E-state index contributed by atoms with van der Waals surface area (Å²) < 4.78 is 68.6. The molecular formula is C89H148O17P2. The summed E-state index contributed by atoms with van der Waals surface area (Å²) in [4.78, 5) is 73.1. The third-order valence-corrected chi connectivity index (χ3v) is 18.9. The van der Waals surface area contributed by atoms with E-state index in [1.54, 1.807) is 0 Å². The molecule has 0 aliphatic rings. The Morgan fingerprint density at radius 1 is 0.269 bits per heavy atom. The number of hydrogen-bond donors (Lipinski definition) is 3. The number of aliphatic hydroxyl groups excluding tert-OH is 1. The maximum absolute atomic E-state index is 13.1. The van der Waals surface area contributed by atoms with E-state index in [1.807, 2.05) is 12.2 Å². The lowest BCUT2D eigenvalue weighted by Crippen LogP contribution is -2.30. The quantitative estimate of drug-likeness (QED) is 0.0169. The Balaban J connectivity index is 5.45. The lowest BCUT2D eigenvalue weighted by molar-refractivity contribution is -0.161. The van der Waals surface area contributed by atoms with Gasteiger partial charge in [0.15, 0.2) is 12.2 Å². The average Bonchev–Trinajstić information content (AvgIpc) is 0.886. The summed E-state index contributed by atoms with van der Waals surface area (Å²) in [5, 5.41) is 10.7. The molecule has 5 unspecified atom stereocenters. The van der Waals surface area contributed by atoms with E-state index in [-0.39, 0.29) is 25.7 Å². The van der Waals surface area contributed by atoms with Crippen molar-refractivity contribution >= 4 is 39.5 Å². The van der Waals surface area contributed by atoms with Gasteiger partial charge in [-0.2, -0.15) is 0 Å². The van der Waals surface area contributed by atoms with Crippen LogP contribution in [0.4, 0.5) is 0 Å². The van der Waals surface area contributed by atoms with Crippen LogP contribution < -0.4 is 0 Å². The summed E-state index contributed by atoms with van der Waals surface area (Å²) in [7, 11) is -10.0. The Hall–Kier alpha value is -5.32. The van der Waals surface area contributed by atoms with E-state index in [2.05, 4.69) is 174 Å². The smallest absolute Gasteiger partial charge is 0.462 e. The predicted octanol–water partition coefficient (Wildman–Crippen LogP) is 24.8. The maximum Gasteiger partial charge on any atom is 0.472 e. The van der Waals surface area contributed by atoms with E-state index >= 15 is 0 Å². The first-order valence-electron chi connectivity index (χ1n) is 41.7. The number of allylic oxidation sites excluding steroid dienone is 26. The minimum Gasteiger partial charge on any atom is -0.462 e. The maximum atomic E-state index is 13.1. The summed E-state index contributed by atoms with van der Waals surface area (Å²) in [5.41, 5.74) is 0. The van der Waals surface area contributed by atoms with E-state index in [0.29, 0.717) is 32.1 Å². The Morgan fingerprint density at radius 2 is 0.491 bits per heavy atom. The fourth-order valence-corrected chi connectivity index (χ4v) is 12.3. The fraction of sp³-hybridized carbons (Fsp3) is 0.663. The number of carbonyl (C=O) groups excluding carboxylic acids is 4. The first kappa shape index (κ1) is 103. The number of phosphoric acid groups is 2. The number of aliphatic hydroxyl groups is 1. The molecule has 0 aromatic carbocycles. The van der Waals surface area contributed by atoms with E-state index < -0.39 is 97.5 Å². The Labute approximate surface area is 655 Å². The predicted molar refractivity (Wildman–Crippen MR) is 445 cm³/mol. The summed E-state index contributed by atoms with van der Waals surface area (Å²) in [6.07, 6.45) is 93.6. The van der Waals surface area contributed by atoms with Gasteiger partial charge in [0.25, 0.3) is 0 Å². The number of esters is 4. The van der Waals surface area contributed by atoms with Crippen molar-refractivity contribution in [3.05, 3.63) is 158 Å². The van der Waals surface area contributed by atoms with Crippen molar-refractivity contribution in [1.29, 1.82) is 0 Å². The number of unbranched alkanes of at least 4 members (excludes halogenated alkanes) is 25. The van der Waals surface area contributed by atoms with Crippen LogP contribution in [0.25, 0.3) is 0 Å². The van der Waals surface area contributed by atoms with Gasteiger partial charge in [-0.05, 0) is 148 Å². The number of carbonyl (C=O) groups is 4. The average molecular weight is 1550 g/mol. The number of hydrogen-bond acceptors (Lipinski definition) is 15. The highest BCUT2D eigenvalue weighted by molar-refractivity contribution is 7.47. The number of rotatable bonds is 77. The number of ether oxygens (including phenoxy) is 4. The standard InChI is InChI=1S/C89H148O17P2/c1-5-9-13-17-21-25-29-33-36-39-41-44-46-50-53-57-61-65-69-73-86(91)99-79-84(105-88(93)75-71-67-63-59-55-49-32-28-24-20-16-12-8-4)81-103-107(95,96)101-77-83(90)78-102-108(97,98)104-82-85(106-89(94)76-72-68-64-60-56-52-48-43-38-35-31-27-23-19-15-11-7-3)80-100-87(92)74-70-66-62-58-54-51-47-45-42-40-37-34-30-26-22-18-14-10-6-2/h10-11,14-15,21-23,25-27,33-38,41-42,44-45,48,51-52,54,60,64,83-85,90H,5-9,12-13,16-20,24,28-32,39-40,43,46-47,49-50,53,55-59,61-63,65-82H2,1-4H3,(H,95,96)(H,97,98)/b14-10-,15-11-,25-21-,26-22-,27-23-,36-33-,37-34-,38-35-,44-41-,45-42-,52-48-,54-51-,64-60-. The monoisotopic (exact) mass is 1550 g/mol. The van der Waals surface area contributed by atoms with Crippen molar-refractivity contribution in [3.63, 3.8) is 0 Å². The fourth-order valence-electron chi connectivity index (χ4n) is 10.7. The second-order valence-electron chi connectivity index (χ2n) is 27.3. The van der Waals surface area contributed by atoms with Crippen molar-refractivity contribution in [3.8, 4) is 0 Å². The molecule has 616 valence electrons. The molecule has 0 aromatic heterocycles. The highest BCUT2D eigenvalue weighted by Crippen LogP contribution is 2.45. The summed E-state index contributed by atoms with van der Waals surface area (Å²) in [5.74, 6) is -2.29. The molecule has 19 heteroatoms. The molecule has 0 bridgehead atoms. The van der Waals surface area contributed by atoms with Gasteiger partial charge in [0.1, 0.15) is 19.3 Å². The molecule has 0 heterocycles. The normalized spacial score (nSPS) is 14.6. The van der Waals surface area contributed by atoms with Crippen LogP contribution in [0.2, 0.25) is 0 Å². The van der Waals surface area contributed by atoms with Gasteiger partial charge in [0.05, 0.1) is 26.4 Å². The van der Waals surface area contributed by atoms with Gasteiger partial charge in [0, 0.05) is 25.7 Å². The Kier molecular flexibility index (Phi) is 75.8. The van der Waals surface area contributed by atoms with Crippen LogP contribution >= 0.6 is 15.6 Å². The van der Waals surface area contributed by atoms with Gasteiger partial charge in [0.2, 0.25) is 0 Å². The van der Waals surface area contributed by atoms with Crippen molar-refractivity contribution in [2.45, 2.75) is 341 Å². The van der Waals surface area contributed by atoms with Crippen LogP contribution in [-0.4, -0.2) is 96.7 Å². The second kappa shape index (κ2) is 79.8. The molecule has 0 aliphatic carbocycles. The van der Waals surface area contributed by atoms with Gasteiger partial charge in [-0.3, -0.25) is 37.3 Å². The third kappa shape index (κ3) is 78.8. The van der Waals surface area contributed by atoms with Crippen molar-refractivity contribution in [2.75, 3.05) is 39.6 Å². The molecule has 5 atom stereocenters. The zero-order valence-corrected chi connectivity index (χ0v) is 69.3. The SMILES string of the molecule is CC/C=C\C/C=C\C/C=C\C/C=C\C/C=C\CCCCCC(=O)OCC(COP(=O)(O)OCC(O)COP(=O)(O)OCC(COC(=O)CCCCCCCC/C=C\C/C=C\C/C=C\CCCCC)OC(=O)CCCCCCCCCCCCCCC)OC(=O)CCC/C=C\C/C=C\C/C=C\C/C=C\C/C=C\CC. The Morgan fingerprint density at radius 3 is 0.806 bits per heavy atom.